The highest BCUT2D eigenvalue weighted by atomic mass is 35.5. The summed E-state index contributed by atoms with van der Waals surface area (Å²) in [5.41, 5.74) is 10.0. The zero-order chi connectivity index (χ0) is 16.2. The fourth-order valence-electron chi connectivity index (χ4n) is 3.40. The molecule has 0 saturated carbocycles. The Morgan fingerprint density at radius 1 is 1.09 bits per heavy atom. The number of rotatable bonds is 6. The number of halogens is 2. The Labute approximate surface area is 148 Å². The fraction of sp³-hybridized carbons (Fsp3) is 0.368. The van der Waals surface area contributed by atoms with Gasteiger partial charge in [-0.25, -0.2) is 0 Å². The molecule has 1 atom stereocenters. The summed E-state index contributed by atoms with van der Waals surface area (Å²) in [6.45, 7) is 1.36. The van der Waals surface area contributed by atoms with E-state index in [1.54, 1.807) is 6.07 Å². The molecule has 1 aliphatic rings. The highest BCUT2D eigenvalue weighted by Gasteiger charge is 2.23. The number of fused-ring (bicyclic) bond motifs is 1. The summed E-state index contributed by atoms with van der Waals surface area (Å²) in [6.07, 6.45) is 3.42. The van der Waals surface area contributed by atoms with E-state index >= 15 is 0 Å². The van der Waals surface area contributed by atoms with Crippen molar-refractivity contribution in [1.29, 1.82) is 0 Å². The van der Waals surface area contributed by atoms with Crippen molar-refractivity contribution in [3.8, 4) is 0 Å². The average Bonchev–Trinajstić information content (AvgIpc) is 2.95. The lowest BCUT2D eigenvalue weighted by Crippen LogP contribution is -2.37. The molecule has 4 heteroatoms. The SMILES string of the molecule is NCC(CC1Cc2ccccc2C1)NCc1ccc(Cl)cc1Cl. The van der Waals surface area contributed by atoms with Gasteiger partial charge in [-0.05, 0) is 54.0 Å². The molecule has 0 radical (unpaired) electrons. The summed E-state index contributed by atoms with van der Waals surface area (Å²) in [4.78, 5) is 0. The third kappa shape index (κ3) is 4.27. The molecule has 2 aromatic carbocycles. The third-order valence-electron chi connectivity index (χ3n) is 4.63. The molecule has 0 heterocycles. The smallest absolute Gasteiger partial charge is 0.0465 e. The number of benzene rings is 2. The van der Waals surface area contributed by atoms with Crippen LogP contribution in [-0.4, -0.2) is 12.6 Å². The van der Waals surface area contributed by atoms with Gasteiger partial charge in [0.1, 0.15) is 0 Å². The van der Waals surface area contributed by atoms with E-state index < -0.39 is 0 Å². The van der Waals surface area contributed by atoms with Crippen molar-refractivity contribution < 1.29 is 0 Å². The summed E-state index contributed by atoms with van der Waals surface area (Å²) in [5.74, 6) is 0.675. The van der Waals surface area contributed by atoms with Gasteiger partial charge in [-0.15, -0.1) is 0 Å². The molecule has 0 amide bonds. The van der Waals surface area contributed by atoms with Gasteiger partial charge in [0.05, 0.1) is 0 Å². The van der Waals surface area contributed by atoms with Crippen molar-refractivity contribution in [2.24, 2.45) is 11.7 Å². The van der Waals surface area contributed by atoms with Crippen molar-refractivity contribution in [1.82, 2.24) is 5.32 Å². The first kappa shape index (κ1) is 16.8. The van der Waals surface area contributed by atoms with Crippen LogP contribution in [0.1, 0.15) is 23.1 Å². The molecule has 1 aliphatic carbocycles. The van der Waals surface area contributed by atoms with Crippen LogP contribution in [0.5, 0.6) is 0 Å². The van der Waals surface area contributed by atoms with Gasteiger partial charge < -0.3 is 11.1 Å². The Hall–Kier alpha value is -1.06. The van der Waals surface area contributed by atoms with Gasteiger partial charge in [0.15, 0.2) is 0 Å². The molecule has 0 spiro atoms. The van der Waals surface area contributed by atoms with E-state index in [0.29, 0.717) is 28.5 Å². The summed E-state index contributed by atoms with van der Waals surface area (Å²) in [6, 6.07) is 14.7. The number of nitrogens with two attached hydrogens (primary N) is 1. The first-order valence-corrected chi connectivity index (χ1v) is 8.85. The normalized spacial score (nSPS) is 15.6. The van der Waals surface area contributed by atoms with Crippen LogP contribution in [-0.2, 0) is 19.4 Å². The molecule has 0 fully saturated rings. The molecular formula is C19H22Cl2N2. The van der Waals surface area contributed by atoms with Crippen molar-refractivity contribution >= 4 is 23.2 Å². The van der Waals surface area contributed by atoms with Crippen molar-refractivity contribution in [2.75, 3.05) is 6.54 Å². The highest BCUT2D eigenvalue weighted by molar-refractivity contribution is 6.35. The molecule has 2 aromatic rings. The maximum atomic E-state index is 6.23. The van der Waals surface area contributed by atoms with E-state index in [0.717, 1.165) is 31.4 Å². The molecule has 2 nitrogen and oxygen atoms in total. The van der Waals surface area contributed by atoms with Gasteiger partial charge >= 0.3 is 0 Å². The first-order valence-electron chi connectivity index (χ1n) is 8.10. The predicted molar refractivity (Wildman–Crippen MR) is 98.1 cm³/mol. The second kappa shape index (κ2) is 7.67. The maximum absolute atomic E-state index is 6.23. The van der Waals surface area contributed by atoms with Crippen LogP contribution in [0.25, 0.3) is 0 Å². The van der Waals surface area contributed by atoms with Crippen LogP contribution in [0.4, 0.5) is 0 Å². The zero-order valence-electron chi connectivity index (χ0n) is 13.1. The molecule has 3 N–H and O–H groups in total. The molecule has 0 bridgehead atoms. The largest absolute Gasteiger partial charge is 0.329 e. The predicted octanol–water partition coefficient (Wildman–Crippen LogP) is 4.22. The number of nitrogens with one attached hydrogen (secondary N) is 1. The van der Waals surface area contributed by atoms with Crippen molar-refractivity contribution in [2.45, 2.75) is 31.8 Å². The van der Waals surface area contributed by atoms with Crippen molar-refractivity contribution in [3.63, 3.8) is 0 Å². The quantitative estimate of drug-likeness (QED) is 0.820. The molecule has 1 unspecified atom stereocenters. The third-order valence-corrected chi connectivity index (χ3v) is 5.22. The maximum Gasteiger partial charge on any atom is 0.0465 e. The Bertz CT molecular complexity index is 647. The standard InChI is InChI=1S/C19H22Cl2N2/c20-17-6-5-16(19(21)10-17)12-23-18(11-22)9-13-7-14-3-1-2-4-15(14)8-13/h1-6,10,13,18,23H,7-9,11-12,22H2. The summed E-state index contributed by atoms with van der Waals surface area (Å²) in [7, 11) is 0. The zero-order valence-corrected chi connectivity index (χ0v) is 14.6. The van der Waals surface area contributed by atoms with Crippen LogP contribution in [0.3, 0.4) is 0 Å². The number of hydrogen-bond acceptors (Lipinski definition) is 2. The monoisotopic (exact) mass is 348 g/mol. The lowest BCUT2D eigenvalue weighted by molar-refractivity contribution is 0.395. The second-order valence-corrected chi connectivity index (χ2v) is 7.17. The Kier molecular flexibility index (Phi) is 5.60. The first-order chi connectivity index (χ1) is 11.2. The van der Waals surface area contributed by atoms with Crippen LogP contribution >= 0.6 is 23.2 Å². The van der Waals surface area contributed by atoms with E-state index in [2.05, 4.69) is 29.6 Å². The molecule has 0 aliphatic heterocycles. The minimum atomic E-state index is 0.307. The van der Waals surface area contributed by atoms with Gasteiger partial charge in [0, 0.05) is 29.2 Å². The van der Waals surface area contributed by atoms with E-state index in [1.807, 2.05) is 12.1 Å². The Balaban J connectivity index is 1.55. The van der Waals surface area contributed by atoms with Crippen molar-refractivity contribution in [3.05, 3.63) is 69.2 Å². The number of hydrogen-bond donors (Lipinski definition) is 2. The molecule has 122 valence electrons. The van der Waals surface area contributed by atoms with Crippen LogP contribution in [0.15, 0.2) is 42.5 Å². The minimum absolute atomic E-state index is 0.307. The van der Waals surface area contributed by atoms with E-state index in [1.165, 1.54) is 11.1 Å². The summed E-state index contributed by atoms with van der Waals surface area (Å²) < 4.78 is 0. The molecular weight excluding hydrogens is 327 g/mol. The lowest BCUT2D eigenvalue weighted by Gasteiger charge is -2.21. The van der Waals surface area contributed by atoms with Gasteiger partial charge in [-0.2, -0.15) is 0 Å². The summed E-state index contributed by atoms with van der Waals surface area (Å²) in [5, 5.41) is 4.91. The Morgan fingerprint density at radius 2 is 1.78 bits per heavy atom. The van der Waals surface area contributed by atoms with Gasteiger partial charge in [-0.1, -0.05) is 53.5 Å². The van der Waals surface area contributed by atoms with E-state index in [4.69, 9.17) is 28.9 Å². The molecule has 3 rings (SSSR count). The fourth-order valence-corrected chi connectivity index (χ4v) is 3.88. The molecule has 0 aromatic heterocycles. The van der Waals surface area contributed by atoms with Crippen LogP contribution < -0.4 is 11.1 Å². The van der Waals surface area contributed by atoms with Gasteiger partial charge in [0.2, 0.25) is 0 Å². The minimum Gasteiger partial charge on any atom is -0.329 e. The van der Waals surface area contributed by atoms with Gasteiger partial charge in [0.25, 0.3) is 0 Å². The van der Waals surface area contributed by atoms with Crippen LogP contribution in [0.2, 0.25) is 10.0 Å². The summed E-state index contributed by atoms with van der Waals surface area (Å²) >= 11 is 12.2. The second-order valence-electron chi connectivity index (χ2n) is 6.33. The molecule has 0 saturated heterocycles. The topological polar surface area (TPSA) is 38.0 Å². The Morgan fingerprint density at radius 3 is 2.39 bits per heavy atom. The van der Waals surface area contributed by atoms with Gasteiger partial charge in [-0.3, -0.25) is 0 Å². The highest BCUT2D eigenvalue weighted by Crippen LogP contribution is 2.29. The van der Waals surface area contributed by atoms with Crippen LogP contribution in [0, 0.1) is 5.92 Å². The van der Waals surface area contributed by atoms with E-state index in [-0.39, 0.29) is 0 Å². The average molecular weight is 349 g/mol. The molecule has 23 heavy (non-hydrogen) atoms. The lowest BCUT2D eigenvalue weighted by atomic mass is 9.96. The van der Waals surface area contributed by atoms with E-state index in [9.17, 15) is 0 Å².